The van der Waals surface area contributed by atoms with Crippen LogP contribution < -0.4 is 4.74 Å². The fourth-order valence-electron chi connectivity index (χ4n) is 8.98. The summed E-state index contributed by atoms with van der Waals surface area (Å²) >= 11 is 0. The molecule has 0 radical (unpaired) electrons. The molecule has 2 heterocycles. The second-order valence-corrected chi connectivity index (χ2v) is 17.9. The minimum atomic E-state index is -1.97. The first-order valence-corrected chi connectivity index (χ1v) is 21.6. The normalized spacial score (nSPS) is 36.2. The van der Waals surface area contributed by atoms with Crippen molar-refractivity contribution < 1.29 is 58.4 Å². The van der Waals surface area contributed by atoms with Crippen molar-refractivity contribution in [1.29, 1.82) is 0 Å². The van der Waals surface area contributed by atoms with Gasteiger partial charge in [0.05, 0.1) is 49.1 Å². The number of methoxy groups -OCH3 is 2. The van der Waals surface area contributed by atoms with E-state index in [0.717, 1.165) is 5.56 Å². The van der Waals surface area contributed by atoms with Crippen LogP contribution in [0.5, 0.6) is 11.5 Å². The molecule has 14 atom stereocenters. The molecule has 2 aromatic carbocycles. The van der Waals surface area contributed by atoms with Gasteiger partial charge in [-0.3, -0.25) is 9.59 Å². The van der Waals surface area contributed by atoms with Gasteiger partial charge in [0.15, 0.2) is 6.29 Å². The Bertz CT molecular complexity index is 1840. The summed E-state index contributed by atoms with van der Waals surface area (Å²) < 4.78 is 37.3. The molecular formula is C47H71N3O12. The van der Waals surface area contributed by atoms with E-state index in [1.807, 2.05) is 71.0 Å². The lowest BCUT2D eigenvalue weighted by molar-refractivity contribution is -0.301. The van der Waals surface area contributed by atoms with Crippen molar-refractivity contribution in [3.63, 3.8) is 0 Å². The molecule has 2 saturated heterocycles. The number of hydrogen-bond donors (Lipinski definition) is 4. The van der Waals surface area contributed by atoms with Crippen LogP contribution in [0.1, 0.15) is 92.7 Å². The Morgan fingerprint density at radius 2 is 1.60 bits per heavy atom. The maximum atomic E-state index is 14.3. The molecule has 4 N–H and O–H groups in total. The van der Waals surface area contributed by atoms with Gasteiger partial charge in [-0.05, 0) is 121 Å². The summed E-state index contributed by atoms with van der Waals surface area (Å²) in [6, 6.07) is 13.2. The zero-order valence-corrected chi connectivity index (χ0v) is 38.8. The molecule has 2 aromatic rings. The summed E-state index contributed by atoms with van der Waals surface area (Å²) in [4.78, 5) is 30.1. The van der Waals surface area contributed by atoms with Gasteiger partial charge < -0.3 is 53.7 Å². The van der Waals surface area contributed by atoms with Crippen LogP contribution in [0.2, 0.25) is 0 Å². The number of esters is 2. The maximum absolute atomic E-state index is 14.3. The summed E-state index contributed by atoms with van der Waals surface area (Å²) in [5.74, 6) is -3.99. The fourth-order valence-corrected chi connectivity index (χ4v) is 8.98. The van der Waals surface area contributed by atoms with E-state index in [0.29, 0.717) is 29.2 Å². The molecule has 15 nitrogen and oxygen atoms in total. The number of nitrogens with zero attached hydrogens (tertiary/aromatic N) is 3. The highest BCUT2D eigenvalue weighted by Crippen LogP contribution is 2.40. The predicted molar refractivity (Wildman–Crippen MR) is 235 cm³/mol. The zero-order chi connectivity index (χ0) is 46.3. The van der Waals surface area contributed by atoms with E-state index in [-0.39, 0.29) is 37.2 Å². The summed E-state index contributed by atoms with van der Waals surface area (Å²) in [7, 11) is 6.87. The third-order valence-electron chi connectivity index (χ3n) is 12.9. The molecule has 2 aliphatic rings. The van der Waals surface area contributed by atoms with Crippen LogP contribution in [-0.2, 0) is 39.7 Å². The van der Waals surface area contributed by atoms with E-state index >= 15 is 0 Å². The van der Waals surface area contributed by atoms with Crippen molar-refractivity contribution in [1.82, 2.24) is 4.90 Å². The van der Waals surface area contributed by atoms with Gasteiger partial charge in [-0.2, -0.15) is 10.2 Å². The first kappa shape index (κ1) is 50.7. The number of aliphatic hydroxyl groups is 3. The van der Waals surface area contributed by atoms with Crippen LogP contribution in [-0.4, -0.2) is 137 Å². The second kappa shape index (κ2) is 21.6. The number of hydrogen-bond acceptors (Lipinski definition) is 15. The summed E-state index contributed by atoms with van der Waals surface area (Å²) in [6.07, 6.45) is -6.74. The third kappa shape index (κ3) is 12.0. The minimum Gasteiger partial charge on any atom is -0.508 e. The number of aromatic hydroxyl groups is 1. The lowest BCUT2D eigenvalue weighted by atomic mass is 9.73. The highest BCUT2D eigenvalue weighted by molar-refractivity contribution is 5.99. The van der Waals surface area contributed by atoms with Crippen LogP contribution in [0.15, 0.2) is 58.7 Å². The van der Waals surface area contributed by atoms with Crippen LogP contribution in [0, 0.1) is 23.7 Å². The lowest BCUT2D eigenvalue weighted by Gasteiger charge is -2.48. The van der Waals surface area contributed by atoms with E-state index in [9.17, 15) is 30.0 Å². The molecule has 4 unspecified atom stereocenters. The van der Waals surface area contributed by atoms with Crippen molar-refractivity contribution in [2.45, 2.75) is 148 Å². The fraction of sp³-hybridized carbons (Fsp3) is 0.660. The molecule has 15 heteroatoms. The Kier molecular flexibility index (Phi) is 17.7. The van der Waals surface area contributed by atoms with Gasteiger partial charge in [0.25, 0.3) is 0 Å². The number of rotatable bonds is 11. The molecule has 0 bridgehead atoms. The quantitative estimate of drug-likeness (QED) is 0.129. The summed E-state index contributed by atoms with van der Waals surface area (Å²) in [5.41, 5.74) is -0.862. The van der Waals surface area contributed by atoms with Gasteiger partial charge in [-0.15, -0.1) is 0 Å². The van der Waals surface area contributed by atoms with Crippen LogP contribution in [0.4, 0.5) is 0 Å². The van der Waals surface area contributed by atoms with Crippen molar-refractivity contribution in [2.75, 3.05) is 28.3 Å². The van der Waals surface area contributed by atoms with Gasteiger partial charge in [0.1, 0.15) is 35.4 Å². The Hall–Kier alpha value is -3.96. The number of likely N-dealkylation sites (N-methyl/N-ethyl adjacent to an activating group) is 1. The molecule has 0 aromatic heterocycles. The van der Waals surface area contributed by atoms with Crippen molar-refractivity contribution in [3.8, 4) is 11.5 Å². The molecular weight excluding hydrogens is 799 g/mol. The third-order valence-corrected chi connectivity index (χ3v) is 12.9. The van der Waals surface area contributed by atoms with Crippen molar-refractivity contribution in [3.05, 3.63) is 59.7 Å². The average Bonchev–Trinajstić information content (AvgIpc) is 3.23. The van der Waals surface area contributed by atoms with E-state index < -0.39 is 83.6 Å². The SMILES string of the molecule is CC[C@H]1OC(=O)[C@H](C)[C@@H](OC(=O)Cc2ccc(O)cc2)[C@H](C)[C@@H](OC2OC(C)CC(N(C)C)C2O)[C@](C)(OC)C[C@@H](C)/C(=N\N=C(/C)c2ccc(OC)cc2)[C@H](C)[C@@H](O)[C@]1(C)O. The Balaban J connectivity index is 1.92. The number of ether oxygens (including phenoxy) is 6. The highest BCUT2D eigenvalue weighted by Gasteiger charge is 2.52. The molecule has 0 amide bonds. The number of phenolic OH excluding ortho intramolecular Hbond substituents is 1. The number of aliphatic hydroxyl groups excluding tert-OH is 2. The Labute approximate surface area is 367 Å². The zero-order valence-electron chi connectivity index (χ0n) is 38.8. The summed E-state index contributed by atoms with van der Waals surface area (Å²) in [5, 5.41) is 55.2. The van der Waals surface area contributed by atoms with Gasteiger partial charge >= 0.3 is 11.9 Å². The molecule has 62 heavy (non-hydrogen) atoms. The maximum Gasteiger partial charge on any atom is 0.312 e. The van der Waals surface area contributed by atoms with Gasteiger partial charge in [-0.25, -0.2) is 0 Å². The molecule has 0 saturated carbocycles. The number of cyclic esters (lactones) is 1. The molecule has 2 aliphatic heterocycles. The van der Waals surface area contributed by atoms with E-state index in [1.165, 1.54) is 26.2 Å². The molecule has 346 valence electrons. The molecule has 0 spiro atoms. The topological polar surface area (TPSA) is 198 Å². The van der Waals surface area contributed by atoms with E-state index in [1.54, 1.807) is 46.9 Å². The highest BCUT2D eigenvalue weighted by atomic mass is 16.7. The first-order valence-electron chi connectivity index (χ1n) is 21.6. The summed E-state index contributed by atoms with van der Waals surface area (Å²) in [6.45, 7) is 15.8. The Morgan fingerprint density at radius 3 is 2.16 bits per heavy atom. The largest absolute Gasteiger partial charge is 0.508 e. The van der Waals surface area contributed by atoms with Gasteiger partial charge in [-0.1, -0.05) is 39.8 Å². The Morgan fingerprint density at radius 1 is 0.968 bits per heavy atom. The number of carbonyl (C=O) groups is 2. The van der Waals surface area contributed by atoms with E-state index in [2.05, 4.69) is 5.10 Å². The smallest absolute Gasteiger partial charge is 0.312 e. The van der Waals surface area contributed by atoms with Gasteiger partial charge in [0.2, 0.25) is 0 Å². The monoisotopic (exact) mass is 870 g/mol. The van der Waals surface area contributed by atoms with Crippen molar-refractivity contribution >= 4 is 23.4 Å². The second-order valence-electron chi connectivity index (χ2n) is 17.9. The lowest BCUT2D eigenvalue weighted by Crippen LogP contribution is -2.60. The molecule has 2 fully saturated rings. The number of carbonyl (C=O) groups excluding carboxylic acids is 2. The standard InChI is InChI=1S/C47H71N3O12/c1-14-37-47(9,56)42(54)28(4)39(49-48-31(7)33-17-21-35(57-12)22-18-33)26(2)25-46(8,58-13)43(62-45-40(53)36(50(10)11)23-27(3)59-45)29(5)41(30(6)44(55)60-37)61-38(52)24-32-15-19-34(51)20-16-32/h15-22,26-30,36-37,40-43,45,51,53-54,56H,14,23-25H2,1-13H3/b48-31+,49-39+/t26-,27?,28+,29+,30-,36?,37-,40?,41+,42-,43-,45?,46-,47-/m1/s1. The average molecular weight is 870 g/mol. The number of benzene rings is 2. The molecule has 0 aliphatic carbocycles. The van der Waals surface area contributed by atoms with Crippen LogP contribution in [0.3, 0.4) is 0 Å². The van der Waals surface area contributed by atoms with Gasteiger partial charge in [0, 0.05) is 30.7 Å². The predicted octanol–water partition coefficient (Wildman–Crippen LogP) is 5.32. The van der Waals surface area contributed by atoms with Crippen molar-refractivity contribution in [2.24, 2.45) is 33.9 Å². The van der Waals surface area contributed by atoms with Crippen LogP contribution in [0.25, 0.3) is 0 Å². The molecule has 4 rings (SSSR count). The first-order chi connectivity index (χ1) is 29.1. The van der Waals surface area contributed by atoms with Crippen LogP contribution >= 0.6 is 0 Å². The minimum absolute atomic E-state index is 0.0393. The number of phenols is 1. The van der Waals surface area contributed by atoms with E-state index in [4.69, 9.17) is 33.5 Å².